The largest absolute Gasteiger partial charge is 0.379 e. The highest BCUT2D eigenvalue weighted by molar-refractivity contribution is 4.73. The van der Waals surface area contributed by atoms with Crippen molar-refractivity contribution in [1.82, 2.24) is 14.9 Å². The summed E-state index contributed by atoms with van der Waals surface area (Å²) in [5.74, 6) is 0.758. The Morgan fingerprint density at radius 1 is 1.40 bits per heavy atom. The molecule has 0 amide bonds. The van der Waals surface area contributed by atoms with Crippen LogP contribution in [0.15, 0.2) is 18.7 Å². The highest BCUT2D eigenvalue weighted by Gasteiger charge is 2.12. The highest BCUT2D eigenvalue weighted by Crippen LogP contribution is 2.11. The maximum atomic E-state index is 5.67. The zero-order valence-corrected chi connectivity index (χ0v) is 9.06. The van der Waals surface area contributed by atoms with Crippen LogP contribution < -0.4 is 5.32 Å². The van der Waals surface area contributed by atoms with E-state index in [0.29, 0.717) is 0 Å². The molecule has 15 heavy (non-hydrogen) atoms. The van der Waals surface area contributed by atoms with Crippen molar-refractivity contribution < 1.29 is 4.74 Å². The van der Waals surface area contributed by atoms with E-state index in [0.717, 1.165) is 38.8 Å². The van der Waals surface area contributed by atoms with Crippen LogP contribution in [0.1, 0.15) is 12.8 Å². The van der Waals surface area contributed by atoms with Crippen molar-refractivity contribution in [3.05, 3.63) is 18.7 Å². The second-order valence-corrected chi connectivity index (χ2v) is 4.07. The molecule has 4 heteroatoms. The SMILES string of the molecule is c1cn(CCOCC2CCNCC2)cn1. The minimum atomic E-state index is 0.758. The fourth-order valence-corrected chi connectivity index (χ4v) is 1.89. The molecule has 1 N–H and O–H groups in total. The van der Waals surface area contributed by atoms with E-state index in [9.17, 15) is 0 Å². The number of nitrogens with one attached hydrogen (secondary N) is 1. The minimum absolute atomic E-state index is 0.758. The Morgan fingerprint density at radius 3 is 3.00 bits per heavy atom. The lowest BCUT2D eigenvalue weighted by atomic mass is 9.99. The first-order valence-electron chi connectivity index (χ1n) is 5.69. The van der Waals surface area contributed by atoms with E-state index < -0.39 is 0 Å². The fourth-order valence-electron chi connectivity index (χ4n) is 1.89. The Hall–Kier alpha value is -0.870. The van der Waals surface area contributed by atoms with Gasteiger partial charge in [-0.15, -0.1) is 0 Å². The minimum Gasteiger partial charge on any atom is -0.379 e. The Morgan fingerprint density at radius 2 is 2.27 bits per heavy atom. The van der Waals surface area contributed by atoms with E-state index in [4.69, 9.17) is 4.74 Å². The molecule has 1 saturated heterocycles. The topological polar surface area (TPSA) is 39.1 Å². The summed E-state index contributed by atoms with van der Waals surface area (Å²) in [5.41, 5.74) is 0. The first-order valence-corrected chi connectivity index (χ1v) is 5.69. The molecule has 0 radical (unpaired) electrons. The van der Waals surface area contributed by atoms with Gasteiger partial charge in [0.25, 0.3) is 0 Å². The van der Waals surface area contributed by atoms with Gasteiger partial charge >= 0.3 is 0 Å². The third-order valence-corrected chi connectivity index (χ3v) is 2.87. The summed E-state index contributed by atoms with van der Waals surface area (Å²) in [6, 6.07) is 0. The molecule has 1 fully saturated rings. The van der Waals surface area contributed by atoms with E-state index in [1.54, 1.807) is 6.20 Å². The molecule has 0 saturated carbocycles. The number of rotatable bonds is 5. The maximum absolute atomic E-state index is 5.67. The molecule has 2 heterocycles. The molecule has 84 valence electrons. The van der Waals surface area contributed by atoms with E-state index in [-0.39, 0.29) is 0 Å². The molecule has 0 spiro atoms. The Bertz CT molecular complexity index is 255. The molecule has 0 atom stereocenters. The average molecular weight is 209 g/mol. The van der Waals surface area contributed by atoms with Crippen LogP contribution >= 0.6 is 0 Å². The van der Waals surface area contributed by atoms with Crippen molar-refractivity contribution in [2.45, 2.75) is 19.4 Å². The Labute approximate surface area is 90.6 Å². The van der Waals surface area contributed by atoms with Crippen LogP contribution in [0.2, 0.25) is 0 Å². The fraction of sp³-hybridized carbons (Fsp3) is 0.727. The second kappa shape index (κ2) is 5.88. The van der Waals surface area contributed by atoms with Gasteiger partial charge in [-0.2, -0.15) is 0 Å². The number of imidazole rings is 1. The molecular formula is C11H19N3O. The molecule has 1 aliphatic rings. The molecule has 0 unspecified atom stereocenters. The van der Waals surface area contributed by atoms with E-state index >= 15 is 0 Å². The molecule has 1 aromatic heterocycles. The van der Waals surface area contributed by atoms with Gasteiger partial charge in [-0.3, -0.25) is 0 Å². The van der Waals surface area contributed by atoms with Crippen molar-refractivity contribution in [1.29, 1.82) is 0 Å². The quantitative estimate of drug-likeness (QED) is 0.732. The van der Waals surface area contributed by atoms with Crippen LogP contribution in [-0.4, -0.2) is 35.9 Å². The molecule has 0 bridgehead atoms. The summed E-state index contributed by atoms with van der Waals surface area (Å²) < 4.78 is 7.71. The van der Waals surface area contributed by atoms with Crippen LogP contribution in [0.3, 0.4) is 0 Å². The van der Waals surface area contributed by atoms with Crippen LogP contribution in [0.4, 0.5) is 0 Å². The summed E-state index contributed by atoms with van der Waals surface area (Å²) in [4.78, 5) is 3.99. The molecule has 2 rings (SSSR count). The van der Waals surface area contributed by atoms with Crippen LogP contribution in [0.5, 0.6) is 0 Å². The predicted octanol–water partition coefficient (Wildman–Crippen LogP) is 0.899. The van der Waals surface area contributed by atoms with Crippen LogP contribution in [0.25, 0.3) is 0 Å². The Balaban J connectivity index is 1.54. The Kier molecular flexibility index (Phi) is 4.17. The number of nitrogens with zero attached hydrogens (tertiary/aromatic N) is 2. The van der Waals surface area contributed by atoms with Gasteiger partial charge in [-0.1, -0.05) is 0 Å². The van der Waals surface area contributed by atoms with E-state index in [1.807, 2.05) is 17.1 Å². The number of ether oxygens (including phenoxy) is 1. The summed E-state index contributed by atoms with van der Waals surface area (Å²) >= 11 is 0. The normalized spacial score (nSPS) is 18.1. The van der Waals surface area contributed by atoms with Gasteiger partial charge in [0.05, 0.1) is 12.9 Å². The predicted molar refractivity (Wildman–Crippen MR) is 58.6 cm³/mol. The third kappa shape index (κ3) is 3.64. The average Bonchev–Trinajstić information content (AvgIpc) is 2.79. The van der Waals surface area contributed by atoms with Gasteiger partial charge in [0.2, 0.25) is 0 Å². The number of piperidine rings is 1. The smallest absolute Gasteiger partial charge is 0.0946 e. The molecule has 1 aliphatic heterocycles. The first kappa shape index (κ1) is 10.6. The zero-order chi connectivity index (χ0) is 10.3. The zero-order valence-electron chi connectivity index (χ0n) is 9.06. The van der Waals surface area contributed by atoms with Crippen molar-refractivity contribution in [2.75, 3.05) is 26.3 Å². The van der Waals surface area contributed by atoms with Crippen molar-refractivity contribution in [3.63, 3.8) is 0 Å². The third-order valence-electron chi connectivity index (χ3n) is 2.87. The van der Waals surface area contributed by atoms with Gasteiger partial charge in [-0.05, 0) is 31.8 Å². The molecule has 4 nitrogen and oxygen atoms in total. The van der Waals surface area contributed by atoms with Crippen molar-refractivity contribution in [3.8, 4) is 0 Å². The first-order chi connectivity index (χ1) is 7.45. The summed E-state index contributed by atoms with van der Waals surface area (Å²) in [7, 11) is 0. The van der Waals surface area contributed by atoms with Crippen LogP contribution in [-0.2, 0) is 11.3 Å². The standard InChI is InChI=1S/C11H19N3O/c1-3-12-4-2-11(1)9-15-8-7-14-6-5-13-10-14/h5-6,10-12H,1-4,7-9H2. The van der Waals surface area contributed by atoms with Gasteiger partial charge in [0.15, 0.2) is 0 Å². The molecule has 0 aliphatic carbocycles. The van der Waals surface area contributed by atoms with Crippen LogP contribution in [0, 0.1) is 5.92 Å². The highest BCUT2D eigenvalue weighted by atomic mass is 16.5. The molecule has 0 aromatic carbocycles. The maximum Gasteiger partial charge on any atom is 0.0946 e. The molecule has 1 aromatic rings. The summed E-state index contributed by atoms with van der Waals surface area (Å²) in [6.07, 6.45) is 8.10. The van der Waals surface area contributed by atoms with Crippen molar-refractivity contribution in [2.24, 2.45) is 5.92 Å². The van der Waals surface area contributed by atoms with Gasteiger partial charge in [0, 0.05) is 25.5 Å². The number of hydrogen-bond acceptors (Lipinski definition) is 3. The van der Waals surface area contributed by atoms with Gasteiger partial charge in [0.1, 0.15) is 0 Å². The lowest BCUT2D eigenvalue weighted by molar-refractivity contribution is 0.0823. The van der Waals surface area contributed by atoms with Gasteiger partial charge in [-0.25, -0.2) is 4.98 Å². The second-order valence-electron chi connectivity index (χ2n) is 4.07. The molecular weight excluding hydrogens is 190 g/mol. The lowest BCUT2D eigenvalue weighted by Crippen LogP contribution is -2.30. The van der Waals surface area contributed by atoms with E-state index in [2.05, 4.69) is 10.3 Å². The number of aromatic nitrogens is 2. The lowest BCUT2D eigenvalue weighted by Gasteiger charge is -2.22. The monoisotopic (exact) mass is 209 g/mol. The number of hydrogen-bond donors (Lipinski definition) is 1. The summed E-state index contributed by atoms with van der Waals surface area (Å²) in [5, 5.41) is 3.36. The van der Waals surface area contributed by atoms with Gasteiger partial charge < -0.3 is 14.6 Å². The van der Waals surface area contributed by atoms with Crippen molar-refractivity contribution >= 4 is 0 Å². The van der Waals surface area contributed by atoms with E-state index in [1.165, 1.54) is 12.8 Å². The summed E-state index contributed by atoms with van der Waals surface area (Å²) in [6.45, 7) is 4.91.